The van der Waals surface area contributed by atoms with Gasteiger partial charge in [-0.05, 0) is 48.0 Å². The summed E-state index contributed by atoms with van der Waals surface area (Å²) < 4.78 is 32.8. The second-order valence-electron chi connectivity index (χ2n) is 8.62. The van der Waals surface area contributed by atoms with E-state index in [-0.39, 0.29) is 6.42 Å². The number of carboxylic acids is 2. The summed E-state index contributed by atoms with van der Waals surface area (Å²) in [6.45, 7) is 7.95. The van der Waals surface area contributed by atoms with Crippen LogP contribution in [0.1, 0.15) is 54.4 Å². The van der Waals surface area contributed by atoms with E-state index in [9.17, 15) is 28.8 Å². The van der Waals surface area contributed by atoms with Gasteiger partial charge in [-0.2, -0.15) is 0 Å². The molecule has 30 heavy (non-hydrogen) atoms. The number of rotatable bonds is 12. The summed E-state index contributed by atoms with van der Waals surface area (Å²) in [5.74, 6) is -5.32. The Balaban J connectivity index is 5.22. The molecule has 0 heterocycles. The average Bonchev–Trinajstić information content (AvgIpc) is 2.56. The van der Waals surface area contributed by atoms with E-state index in [0.717, 1.165) is 0 Å². The second kappa shape index (κ2) is 11.4. The fraction of sp³-hybridized carbons (Fsp3) is 0.778. The Kier molecular flexibility index (Phi) is 10.7. The molecule has 0 aromatic heterocycles. The lowest BCUT2D eigenvalue weighted by molar-refractivity contribution is -0.162. The number of carbonyl (C=O) groups is 4. The van der Waals surface area contributed by atoms with Gasteiger partial charge in [0, 0.05) is 6.42 Å². The van der Waals surface area contributed by atoms with Gasteiger partial charge in [0.15, 0.2) is 0 Å². The molecule has 0 amide bonds. The topological polar surface area (TPSA) is 163 Å². The van der Waals surface area contributed by atoms with Gasteiger partial charge in [0.1, 0.15) is 0 Å². The molecule has 0 aliphatic carbocycles. The molecule has 11 nitrogen and oxygen atoms in total. The van der Waals surface area contributed by atoms with Crippen molar-refractivity contribution in [2.45, 2.75) is 54.4 Å². The van der Waals surface area contributed by atoms with Gasteiger partial charge in [-0.25, -0.2) is 0 Å². The molecule has 2 N–H and O–H groups in total. The predicted octanol–water partition coefficient (Wildman–Crippen LogP) is 2.87. The van der Waals surface area contributed by atoms with E-state index >= 15 is 0 Å². The minimum absolute atomic E-state index is 0.328. The van der Waals surface area contributed by atoms with Crippen molar-refractivity contribution < 1.29 is 52.5 Å². The lowest BCUT2D eigenvalue weighted by atomic mass is 9.98. The molecule has 0 aromatic carbocycles. The van der Waals surface area contributed by atoms with Crippen molar-refractivity contribution >= 4 is 31.5 Å². The van der Waals surface area contributed by atoms with Gasteiger partial charge in [-0.3, -0.25) is 32.8 Å². The SMILES string of the molecule is CC(C)(C)C(=O)OCOP(=O)(CC(CCC(=O)O)C(=O)O)OCOC(=O)C(C)(C)C. The van der Waals surface area contributed by atoms with Gasteiger partial charge < -0.3 is 19.7 Å². The van der Waals surface area contributed by atoms with Crippen LogP contribution in [0.25, 0.3) is 0 Å². The van der Waals surface area contributed by atoms with E-state index in [0.29, 0.717) is 0 Å². The van der Waals surface area contributed by atoms with Crippen molar-refractivity contribution in [3.63, 3.8) is 0 Å². The van der Waals surface area contributed by atoms with Crippen LogP contribution in [0.15, 0.2) is 0 Å². The zero-order chi connectivity index (χ0) is 23.8. The highest BCUT2D eigenvalue weighted by molar-refractivity contribution is 7.53. The van der Waals surface area contributed by atoms with Crippen molar-refractivity contribution in [3.8, 4) is 0 Å². The summed E-state index contributed by atoms with van der Waals surface area (Å²) in [6.07, 6.45) is -1.50. The van der Waals surface area contributed by atoms with Gasteiger partial charge >= 0.3 is 31.5 Å². The van der Waals surface area contributed by atoms with Crippen molar-refractivity contribution in [2.75, 3.05) is 19.7 Å². The largest absolute Gasteiger partial charge is 0.481 e. The number of carbonyl (C=O) groups excluding carboxylic acids is 2. The lowest BCUT2D eigenvalue weighted by Crippen LogP contribution is -2.26. The van der Waals surface area contributed by atoms with E-state index < -0.39 is 74.4 Å². The molecule has 174 valence electrons. The average molecular weight is 454 g/mol. The van der Waals surface area contributed by atoms with E-state index in [2.05, 4.69) is 0 Å². The van der Waals surface area contributed by atoms with Gasteiger partial charge in [-0.15, -0.1) is 0 Å². The second-order valence-corrected chi connectivity index (χ2v) is 10.7. The highest BCUT2D eigenvalue weighted by atomic mass is 31.2. The van der Waals surface area contributed by atoms with Crippen LogP contribution in [-0.4, -0.2) is 53.8 Å². The molecule has 0 aromatic rings. The molecule has 0 rings (SSSR count). The molecule has 0 saturated heterocycles. The molecule has 0 fully saturated rings. The third-order valence-corrected chi connectivity index (χ3v) is 5.49. The smallest absolute Gasteiger partial charge is 0.337 e. The third-order valence-electron chi connectivity index (χ3n) is 3.60. The maximum atomic E-state index is 13.0. The Morgan fingerprint density at radius 1 is 0.833 bits per heavy atom. The monoisotopic (exact) mass is 454 g/mol. The predicted molar refractivity (Wildman–Crippen MR) is 103 cm³/mol. The van der Waals surface area contributed by atoms with Crippen LogP contribution >= 0.6 is 7.60 Å². The van der Waals surface area contributed by atoms with Crippen LogP contribution < -0.4 is 0 Å². The number of hydrogen-bond donors (Lipinski definition) is 2. The quantitative estimate of drug-likeness (QED) is 0.253. The molecule has 0 aliphatic rings. The van der Waals surface area contributed by atoms with Gasteiger partial charge in [-0.1, -0.05) is 0 Å². The summed E-state index contributed by atoms with van der Waals surface area (Å²) in [6, 6.07) is 0. The Morgan fingerprint density at radius 3 is 1.53 bits per heavy atom. The fourth-order valence-electron chi connectivity index (χ4n) is 1.76. The zero-order valence-electron chi connectivity index (χ0n) is 18.1. The maximum Gasteiger partial charge on any atom is 0.337 e. The van der Waals surface area contributed by atoms with Gasteiger partial charge in [0.25, 0.3) is 0 Å². The Hall–Kier alpha value is -1.97. The first kappa shape index (κ1) is 28.0. The van der Waals surface area contributed by atoms with Crippen LogP contribution in [0.3, 0.4) is 0 Å². The van der Waals surface area contributed by atoms with Gasteiger partial charge in [0.05, 0.1) is 22.9 Å². The van der Waals surface area contributed by atoms with Crippen LogP contribution in [0.2, 0.25) is 0 Å². The van der Waals surface area contributed by atoms with Gasteiger partial charge in [0.2, 0.25) is 13.6 Å². The van der Waals surface area contributed by atoms with E-state index in [1.165, 1.54) is 0 Å². The summed E-state index contributed by atoms with van der Waals surface area (Å²) in [4.78, 5) is 45.8. The van der Waals surface area contributed by atoms with Crippen molar-refractivity contribution in [1.82, 2.24) is 0 Å². The molecule has 0 bridgehead atoms. The van der Waals surface area contributed by atoms with E-state index in [1.807, 2.05) is 0 Å². The number of carboxylic acid groups (broad SMARTS) is 2. The summed E-state index contributed by atoms with van der Waals surface area (Å²) in [7, 11) is -4.23. The molecule has 1 atom stereocenters. The van der Waals surface area contributed by atoms with Crippen molar-refractivity contribution in [3.05, 3.63) is 0 Å². The summed E-state index contributed by atoms with van der Waals surface area (Å²) >= 11 is 0. The normalized spacial score (nSPS) is 13.4. The van der Waals surface area contributed by atoms with E-state index in [1.54, 1.807) is 41.5 Å². The number of hydrogen-bond acceptors (Lipinski definition) is 9. The molecule has 0 saturated carbocycles. The van der Waals surface area contributed by atoms with Crippen LogP contribution in [0.5, 0.6) is 0 Å². The Bertz CT molecular complexity index is 637. The molecule has 0 aliphatic heterocycles. The Morgan fingerprint density at radius 2 is 1.23 bits per heavy atom. The number of ether oxygens (including phenoxy) is 2. The first-order valence-corrected chi connectivity index (χ1v) is 10.9. The standard InChI is InChI=1S/C18H31O11P/c1-17(2,3)15(23)26-10-28-30(25,29-11-27-16(24)18(4,5)6)9-12(14(21)22)7-8-13(19)20/h12H,7-11H2,1-6H3,(H,19,20)(H,21,22). The highest BCUT2D eigenvalue weighted by Crippen LogP contribution is 2.50. The van der Waals surface area contributed by atoms with Crippen molar-refractivity contribution in [2.24, 2.45) is 16.7 Å². The van der Waals surface area contributed by atoms with Crippen molar-refractivity contribution in [1.29, 1.82) is 0 Å². The molecular formula is C18H31O11P. The molecule has 1 unspecified atom stereocenters. The van der Waals surface area contributed by atoms with Crippen LogP contribution in [0, 0.1) is 16.7 Å². The zero-order valence-corrected chi connectivity index (χ0v) is 19.0. The molecular weight excluding hydrogens is 423 g/mol. The minimum atomic E-state index is -4.23. The highest BCUT2D eigenvalue weighted by Gasteiger charge is 2.35. The van der Waals surface area contributed by atoms with Crippen LogP contribution in [0.4, 0.5) is 0 Å². The Labute approximate surface area is 175 Å². The first-order chi connectivity index (χ1) is 13.5. The maximum absolute atomic E-state index is 13.0. The fourth-order valence-corrected chi connectivity index (χ4v) is 3.35. The third kappa shape index (κ3) is 11.3. The lowest BCUT2D eigenvalue weighted by Gasteiger charge is -2.23. The molecule has 0 radical (unpaired) electrons. The minimum Gasteiger partial charge on any atom is -0.481 e. The van der Waals surface area contributed by atoms with Crippen LogP contribution in [-0.2, 0) is 42.3 Å². The van der Waals surface area contributed by atoms with E-state index in [4.69, 9.17) is 23.6 Å². The molecule has 12 heteroatoms. The first-order valence-electron chi connectivity index (χ1n) is 9.15. The summed E-state index contributed by atoms with van der Waals surface area (Å²) in [5.41, 5.74) is -1.72. The summed E-state index contributed by atoms with van der Waals surface area (Å²) in [5, 5.41) is 18.1. The molecule has 0 spiro atoms. The number of esters is 2. The number of aliphatic carboxylic acids is 2.